The molecule has 0 N–H and O–H groups in total. The largest absolute Gasteiger partial charge is 0.355 e. The number of anilines is 1. The molecule has 1 aliphatic rings. The van der Waals surface area contributed by atoms with Gasteiger partial charge in [-0.1, -0.05) is 0 Å². The van der Waals surface area contributed by atoms with E-state index in [0.29, 0.717) is 0 Å². The van der Waals surface area contributed by atoms with Crippen molar-refractivity contribution in [2.75, 3.05) is 18.0 Å². The van der Waals surface area contributed by atoms with Gasteiger partial charge in [0.25, 0.3) is 0 Å². The summed E-state index contributed by atoms with van der Waals surface area (Å²) in [6, 6.07) is 4.07. The maximum absolute atomic E-state index is 4.59. The van der Waals surface area contributed by atoms with Crippen LogP contribution in [-0.2, 0) is 0 Å². The van der Waals surface area contributed by atoms with Gasteiger partial charge in [0.15, 0.2) is 5.65 Å². The first kappa shape index (κ1) is 10.1. The van der Waals surface area contributed by atoms with Crippen LogP contribution < -0.4 is 4.90 Å². The summed E-state index contributed by atoms with van der Waals surface area (Å²) in [4.78, 5) is 6.58. The zero-order valence-electron chi connectivity index (χ0n) is 8.93. The first-order valence-electron chi connectivity index (χ1n) is 5.60. The normalized spacial score (nSPS) is 16.9. The van der Waals surface area contributed by atoms with Crippen LogP contribution in [-0.4, -0.2) is 27.7 Å². The number of imidazole rings is 1. The summed E-state index contributed by atoms with van der Waals surface area (Å²) in [7, 11) is 0. The summed E-state index contributed by atoms with van der Waals surface area (Å²) < 4.78 is 2.74. The van der Waals surface area contributed by atoms with Crippen LogP contribution in [0, 0.1) is 0 Å². The Hall–Kier alpha value is -1.10. The van der Waals surface area contributed by atoms with Crippen LogP contribution in [0.5, 0.6) is 0 Å². The van der Waals surface area contributed by atoms with Gasteiger partial charge in [0.05, 0.1) is 6.20 Å². The predicted octanol–water partition coefficient (Wildman–Crippen LogP) is 2.48. The number of rotatable bonds is 1. The van der Waals surface area contributed by atoms with Gasteiger partial charge >= 0.3 is 0 Å². The molecular formula is C11H13BrN4. The molecule has 0 saturated carbocycles. The topological polar surface area (TPSA) is 33.4 Å². The van der Waals surface area contributed by atoms with Crippen molar-refractivity contribution in [3.8, 4) is 0 Å². The number of aromatic nitrogens is 3. The average Bonchev–Trinajstić information content (AvgIpc) is 2.72. The molecule has 2 aromatic heterocycles. The van der Waals surface area contributed by atoms with Crippen molar-refractivity contribution < 1.29 is 0 Å². The maximum atomic E-state index is 4.59. The second-order valence-electron chi connectivity index (χ2n) is 4.09. The third-order valence-electron chi connectivity index (χ3n) is 2.99. The highest BCUT2D eigenvalue weighted by Gasteiger charge is 2.13. The molecule has 1 aliphatic heterocycles. The van der Waals surface area contributed by atoms with Crippen molar-refractivity contribution in [3.63, 3.8) is 0 Å². The zero-order valence-corrected chi connectivity index (χ0v) is 10.5. The van der Waals surface area contributed by atoms with Gasteiger partial charge in [0.1, 0.15) is 10.4 Å². The van der Waals surface area contributed by atoms with E-state index in [2.05, 4.69) is 37.0 Å². The summed E-state index contributed by atoms with van der Waals surface area (Å²) in [5.74, 6) is 1.05. The molecule has 0 spiro atoms. The third kappa shape index (κ3) is 1.69. The maximum Gasteiger partial charge on any atom is 0.154 e. The molecule has 5 heteroatoms. The van der Waals surface area contributed by atoms with E-state index in [1.165, 1.54) is 19.3 Å². The molecule has 1 saturated heterocycles. The van der Waals surface area contributed by atoms with E-state index in [-0.39, 0.29) is 0 Å². The fraction of sp³-hybridized carbons (Fsp3) is 0.455. The third-order valence-corrected chi connectivity index (χ3v) is 3.53. The monoisotopic (exact) mass is 280 g/mol. The minimum Gasteiger partial charge on any atom is -0.355 e. The average molecular weight is 281 g/mol. The van der Waals surface area contributed by atoms with Crippen molar-refractivity contribution in [3.05, 3.63) is 22.9 Å². The van der Waals surface area contributed by atoms with E-state index in [0.717, 1.165) is 29.2 Å². The Morgan fingerprint density at radius 3 is 2.75 bits per heavy atom. The van der Waals surface area contributed by atoms with Gasteiger partial charge in [0, 0.05) is 13.1 Å². The summed E-state index contributed by atoms with van der Waals surface area (Å²) in [5.41, 5.74) is 0.882. The number of hydrogen-bond acceptors (Lipinski definition) is 3. The molecule has 84 valence electrons. The molecule has 0 atom stereocenters. The quantitative estimate of drug-likeness (QED) is 0.805. The van der Waals surface area contributed by atoms with E-state index in [1.54, 1.807) is 6.20 Å². The van der Waals surface area contributed by atoms with Gasteiger partial charge in [-0.2, -0.15) is 0 Å². The Morgan fingerprint density at radius 2 is 1.94 bits per heavy atom. The molecule has 0 aromatic carbocycles. The van der Waals surface area contributed by atoms with Crippen LogP contribution in [0.1, 0.15) is 19.3 Å². The summed E-state index contributed by atoms with van der Waals surface area (Å²) in [5, 5.41) is 4.59. The van der Waals surface area contributed by atoms with Crippen molar-refractivity contribution in [1.82, 2.24) is 14.6 Å². The van der Waals surface area contributed by atoms with Gasteiger partial charge in [-0.25, -0.2) is 9.50 Å². The lowest BCUT2D eigenvalue weighted by Gasteiger charge is -2.27. The van der Waals surface area contributed by atoms with Gasteiger partial charge in [-0.3, -0.25) is 0 Å². The molecule has 0 unspecified atom stereocenters. The lowest BCUT2D eigenvalue weighted by molar-refractivity contribution is 0.570. The van der Waals surface area contributed by atoms with Crippen LogP contribution in [0.3, 0.4) is 0 Å². The molecule has 2 aromatic rings. The number of hydrogen-bond donors (Lipinski definition) is 0. The Labute approximate surface area is 102 Å². The van der Waals surface area contributed by atoms with Crippen molar-refractivity contribution in [1.29, 1.82) is 0 Å². The highest BCUT2D eigenvalue weighted by atomic mass is 79.9. The summed E-state index contributed by atoms with van der Waals surface area (Å²) in [6.45, 7) is 2.23. The highest BCUT2D eigenvalue weighted by Crippen LogP contribution is 2.19. The molecule has 3 rings (SSSR count). The van der Waals surface area contributed by atoms with Crippen molar-refractivity contribution in [2.45, 2.75) is 19.3 Å². The molecule has 0 radical (unpaired) electrons. The Morgan fingerprint density at radius 1 is 1.12 bits per heavy atom. The SMILES string of the molecule is Brc1cnc2ccc(N3CCCCC3)nn12. The van der Waals surface area contributed by atoms with Crippen LogP contribution in [0.2, 0.25) is 0 Å². The molecule has 0 amide bonds. The zero-order chi connectivity index (χ0) is 11.0. The van der Waals surface area contributed by atoms with Gasteiger partial charge in [0.2, 0.25) is 0 Å². The van der Waals surface area contributed by atoms with Gasteiger partial charge in [-0.05, 0) is 47.3 Å². The van der Waals surface area contributed by atoms with Gasteiger partial charge in [-0.15, -0.1) is 5.10 Å². The number of fused-ring (bicyclic) bond motifs is 1. The van der Waals surface area contributed by atoms with Crippen LogP contribution >= 0.6 is 15.9 Å². The fourth-order valence-corrected chi connectivity index (χ4v) is 2.49. The fourth-order valence-electron chi connectivity index (χ4n) is 2.13. The summed E-state index contributed by atoms with van der Waals surface area (Å²) >= 11 is 3.44. The minimum absolute atomic E-state index is 0.882. The predicted molar refractivity (Wildman–Crippen MR) is 66.8 cm³/mol. The Kier molecular flexibility index (Phi) is 2.55. The van der Waals surface area contributed by atoms with E-state index in [9.17, 15) is 0 Å². The molecule has 1 fully saturated rings. The molecular weight excluding hydrogens is 268 g/mol. The van der Waals surface area contributed by atoms with Crippen LogP contribution in [0.25, 0.3) is 5.65 Å². The molecule has 3 heterocycles. The standard InChI is InChI=1S/C11H13BrN4/c12-9-8-13-10-4-5-11(14-16(9)10)15-6-2-1-3-7-15/h4-5,8H,1-3,6-7H2. The lowest BCUT2D eigenvalue weighted by atomic mass is 10.1. The molecule has 0 aliphatic carbocycles. The number of nitrogens with zero attached hydrogens (tertiary/aromatic N) is 4. The van der Waals surface area contributed by atoms with Gasteiger partial charge < -0.3 is 4.90 Å². The Balaban J connectivity index is 1.99. The van der Waals surface area contributed by atoms with Crippen molar-refractivity contribution >= 4 is 27.4 Å². The second kappa shape index (κ2) is 4.05. The first-order chi connectivity index (χ1) is 7.84. The lowest BCUT2D eigenvalue weighted by Crippen LogP contribution is -2.30. The number of halogens is 1. The van der Waals surface area contributed by atoms with Crippen molar-refractivity contribution in [2.24, 2.45) is 0 Å². The summed E-state index contributed by atoms with van der Waals surface area (Å²) in [6.07, 6.45) is 5.66. The first-order valence-corrected chi connectivity index (χ1v) is 6.39. The Bertz CT molecular complexity index is 502. The van der Waals surface area contributed by atoms with Crippen LogP contribution in [0.15, 0.2) is 22.9 Å². The minimum atomic E-state index is 0.882. The van der Waals surface area contributed by atoms with Crippen LogP contribution in [0.4, 0.5) is 5.82 Å². The smallest absolute Gasteiger partial charge is 0.154 e. The molecule has 16 heavy (non-hydrogen) atoms. The van der Waals surface area contributed by atoms with E-state index < -0.39 is 0 Å². The molecule has 0 bridgehead atoms. The number of piperidine rings is 1. The molecule has 4 nitrogen and oxygen atoms in total. The van der Waals surface area contributed by atoms with E-state index in [1.807, 2.05) is 10.6 Å². The van der Waals surface area contributed by atoms with E-state index >= 15 is 0 Å². The highest BCUT2D eigenvalue weighted by molar-refractivity contribution is 9.10. The second-order valence-corrected chi connectivity index (χ2v) is 4.90. The van der Waals surface area contributed by atoms with E-state index in [4.69, 9.17) is 0 Å².